The Labute approximate surface area is 94.6 Å². The standard InChI is InChI=1S/C11H15N3O2/c1-4-13(9(2)12-3)10-5-7-11(8-6-10)14(15)16/h5-8H,4H2,1-3H3. The van der Waals surface area contributed by atoms with Crippen LogP contribution in [0.25, 0.3) is 0 Å². The van der Waals surface area contributed by atoms with Gasteiger partial charge in [-0.1, -0.05) is 0 Å². The summed E-state index contributed by atoms with van der Waals surface area (Å²) in [5.41, 5.74) is 1.02. The predicted octanol–water partition coefficient (Wildman–Crippen LogP) is 2.47. The van der Waals surface area contributed by atoms with Gasteiger partial charge in [0.1, 0.15) is 0 Å². The Hall–Kier alpha value is -1.91. The SMILES string of the molecule is CCN(C(C)=NC)c1ccc([N+](=O)[O-])cc1. The molecule has 1 aromatic carbocycles. The Morgan fingerprint density at radius 1 is 1.44 bits per heavy atom. The van der Waals surface area contributed by atoms with Crippen molar-refractivity contribution < 1.29 is 4.92 Å². The van der Waals surface area contributed by atoms with Gasteiger partial charge in [0.2, 0.25) is 0 Å². The van der Waals surface area contributed by atoms with Crippen molar-refractivity contribution in [2.75, 3.05) is 18.5 Å². The third-order valence-corrected chi connectivity index (χ3v) is 2.40. The molecule has 0 fully saturated rings. The van der Waals surface area contributed by atoms with Crippen molar-refractivity contribution in [3.63, 3.8) is 0 Å². The lowest BCUT2D eigenvalue weighted by atomic mass is 10.2. The molecular weight excluding hydrogens is 206 g/mol. The fourth-order valence-corrected chi connectivity index (χ4v) is 1.47. The maximum atomic E-state index is 10.5. The zero-order valence-electron chi connectivity index (χ0n) is 9.67. The lowest BCUT2D eigenvalue weighted by Gasteiger charge is -2.22. The number of amidine groups is 1. The summed E-state index contributed by atoms with van der Waals surface area (Å²) >= 11 is 0. The first-order valence-electron chi connectivity index (χ1n) is 5.05. The van der Waals surface area contributed by atoms with Gasteiger partial charge in [-0.25, -0.2) is 0 Å². The number of rotatable bonds is 3. The molecular formula is C11H15N3O2. The molecule has 1 aromatic rings. The molecule has 0 saturated carbocycles. The molecule has 0 aliphatic rings. The van der Waals surface area contributed by atoms with Crippen LogP contribution in [0.5, 0.6) is 0 Å². The first-order valence-corrected chi connectivity index (χ1v) is 5.05. The first kappa shape index (κ1) is 12.2. The average Bonchev–Trinajstić information content (AvgIpc) is 2.30. The number of anilines is 1. The summed E-state index contributed by atoms with van der Waals surface area (Å²) in [4.78, 5) is 16.2. The molecule has 86 valence electrons. The van der Waals surface area contributed by atoms with Crippen molar-refractivity contribution in [2.45, 2.75) is 13.8 Å². The number of hydrogen-bond donors (Lipinski definition) is 0. The fraction of sp³-hybridized carbons (Fsp3) is 0.364. The normalized spacial score (nSPS) is 11.3. The van der Waals surface area contributed by atoms with Gasteiger partial charge in [-0.15, -0.1) is 0 Å². The Morgan fingerprint density at radius 2 is 2.00 bits per heavy atom. The minimum absolute atomic E-state index is 0.103. The van der Waals surface area contributed by atoms with Crippen molar-refractivity contribution in [2.24, 2.45) is 4.99 Å². The van der Waals surface area contributed by atoms with Gasteiger partial charge in [0, 0.05) is 31.4 Å². The first-order chi connectivity index (χ1) is 7.60. The Morgan fingerprint density at radius 3 is 2.38 bits per heavy atom. The molecule has 5 nitrogen and oxygen atoms in total. The smallest absolute Gasteiger partial charge is 0.269 e. The van der Waals surface area contributed by atoms with Crippen LogP contribution in [-0.2, 0) is 0 Å². The van der Waals surface area contributed by atoms with E-state index in [0.29, 0.717) is 0 Å². The van der Waals surface area contributed by atoms with E-state index < -0.39 is 4.92 Å². The number of benzene rings is 1. The molecule has 0 heterocycles. The maximum Gasteiger partial charge on any atom is 0.269 e. The zero-order chi connectivity index (χ0) is 12.1. The molecule has 0 saturated heterocycles. The van der Waals surface area contributed by atoms with Crippen LogP contribution >= 0.6 is 0 Å². The number of non-ortho nitro benzene ring substituents is 1. The van der Waals surface area contributed by atoms with Gasteiger partial charge >= 0.3 is 0 Å². The summed E-state index contributed by atoms with van der Waals surface area (Å²) < 4.78 is 0. The van der Waals surface area contributed by atoms with Crippen molar-refractivity contribution >= 4 is 17.2 Å². The summed E-state index contributed by atoms with van der Waals surface area (Å²) in [6, 6.07) is 6.47. The fourth-order valence-electron chi connectivity index (χ4n) is 1.47. The highest BCUT2D eigenvalue weighted by Crippen LogP contribution is 2.19. The number of nitro benzene ring substituents is 1. The van der Waals surface area contributed by atoms with Crippen molar-refractivity contribution in [1.29, 1.82) is 0 Å². The van der Waals surface area contributed by atoms with E-state index in [4.69, 9.17) is 0 Å². The molecule has 16 heavy (non-hydrogen) atoms. The minimum Gasteiger partial charge on any atom is -0.331 e. The molecule has 1 rings (SSSR count). The predicted molar refractivity (Wildman–Crippen MR) is 65.1 cm³/mol. The number of nitro groups is 1. The summed E-state index contributed by atoms with van der Waals surface area (Å²) in [5, 5.41) is 10.5. The van der Waals surface area contributed by atoms with Crippen LogP contribution in [0.15, 0.2) is 29.3 Å². The molecule has 0 unspecified atom stereocenters. The number of hydrogen-bond acceptors (Lipinski definition) is 3. The summed E-state index contributed by atoms with van der Waals surface area (Å²) in [7, 11) is 1.73. The van der Waals surface area contributed by atoms with E-state index in [1.54, 1.807) is 19.2 Å². The molecule has 0 N–H and O–H groups in total. The Bertz CT molecular complexity index is 398. The van der Waals surface area contributed by atoms with Gasteiger partial charge in [-0.3, -0.25) is 15.1 Å². The Balaban J connectivity index is 3.00. The van der Waals surface area contributed by atoms with E-state index in [1.165, 1.54) is 12.1 Å². The van der Waals surface area contributed by atoms with Gasteiger partial charge in [0.05, 0.1) is 10.8 Å². The molecule has 0 radical (unpaired) electrons. The average molecular weight is 221 g/mol. The van der Waals surface area contributed by atoms with E-state index >= 15 is 0 Å². The molecule has 0 aromatic heterocycles. The summed E-state index contributed by atoms with van der Waals surface area (Å²) in [5.74, 6) is 0.886. The van der Waals surface area contributed by atoms with E-state index in [2.05, 4.69) is 4.99 Å². The van der Waals surface area contributed by atoms with Crippen LogP contribution in [0.4, 0.5) is 11.4 Å². The number of nitrogens with zero attached hydrogens (tertiary/aromatic N) is 3. The van der Waals surface area contributed by atoms with E-state index in [1.807, 2.05) is 18.7 Å². The highest BCUT2D eigenvalue weighted by atomic mass is 16.6. The highest BCUT2D eigenvalue weighted by Gasteiger charge is 2.09. The molecule has 0 aliphatic heterocycles. The third kappa shape index (κ3) is 2.56. The Kier molecular flexibility index (Phi) is 3.99. The van der Waals surface area contributed by atoms with Crippen molar-refractivity contribution in [3.8, 4) is 0 Å². The van der Waals surface area contributed by atoms with Gasteiger partial charge in [0.25, 0.3) is 5.69 Å². The maximum absolute atomic E-state index is 10.5. The van der Waals surface area contributed by atoms with Gasteiger partial charge in [0.15, 0.2) is 0 Å². The topological polar surface area (TPSA) is 58.7 Å². The largest absolute Gasteiger partial charge is 0.331 e. The molecule has 0 atom stereocenters. The number of aliphatic imine (C=N–C) groups is 1. The highest BCUT2D eigenvalue weighted by molar-refractivity contribution is 5.95. The summed E-state index contributed by atoms with van der Waals surface area (Å²) in [6.07, 6.45) is 0. The second-order valence-electron chi connectivity index (χ2n) is 3.29. The monoisotopic (exact) mass is 221 g/mol. The van der Waals surface area contributed by atoms with E-state index in [9.17, 15) is 10.1 Å². The minimum atomic E-state index is -0.402. The molecule has 0 aliphatic carbocycles. The lowest BCUT2D eigenvalue weighted by molar-refractivity contribution is -0.384. The van der Waals surface area contributed by atoms with Crippen LogP contribution in [0.3, 0.4) is 0 Å². The van der Waals surface area contributed by atoms with Gasteiger partial charge < -0.3 is 4.90 Å². The van der Waals surface area contributed by atoms with E-state index in [-0.39, 0.29) is 5.69 Å². The zero-order valence-corrected chi connectivity index (χ0v) is 9.67. The quantitative estimate of drug-likeness (QED) is 0.341. The van der Waals surface area contributed by atoms with Crippen LogP contribution < -0.4 is 4.90 Å². The molecule has 5 heteroatoms. The second kappa shape index (κ2) is 5.25. The third-order valence-electron chi connectivity index (χ3n) is 2.40. The molecule has 0 amide bonds. The lowest BCUT2D eigenvalue weighted by Crippen LogP contribution is -2.28. The van der Waals surface area contributed by atoms with Gasteiger partial charge in [-0.05, 0) is 26.0 Å². The van der Waals surface area contributed by atoms with Crippen molar-refractivity contribution in [1.82, 2.24) is 0 Å². The van der Waals surface area contributed by atoms with Crippen LogP contribution in [0.2, 0.25) is 0 Å². The van der Waals surface area contributed by atoms with Crippen molar-refractivity contribution in [3.05, 3.63) is 34.4 Å². The van der Waals surface area contributed by atoms with Crippen LogP contribution in [-0.4, -0.2) is 24.4 Å². The van der Waals surface area contributed by atoms with Crippen LogP contribution in [0, 0.1) is 10.1 Å². The molecule has 0 spiro atoms. The van der Waals surface area contributed by atoms with Crippen LogP contribution in [0.1, 0.15) is 13.8 Å². The summed E-state index contributed by atoms with van der Waals surface area (Å²) in [6.45, 7) is 4.70. The molecule has 0 bridgehead atoms. The van der Waals surface area contributed by atoms with E-state index in [0.717, 1.165) is 18.1 Å². The second-order valence-corrected chi connectivity index (χ2v) is 3.29. The van der Waals surface area contributed by atoms with Gasteiger partial charge in [-0.2, -0.15) is 0 Å².